The van der Waals surface area contributed by atoms with E-state index in [4.69, 9.17) is 0 Å². The first kappa shape index (κ1) is 21.8. The Hall–Kier alpha value is -3.68. The van der Waals surface area contributed by atoms with Gasteiger partial charge in [0.25, 0.3) is 11.8 Å². The molecule has 1 atom stereocenters. The zero-order chi connectivity index (χ0) is 24.3. The Bertz CT molecular complexity index is 1220. The van der Waals surface area contributed by atoms with Crippen LogP contribution in [0.1, 0.15) is 63.9 Å². The van der Waals surface area contributed by atoms with Gasteiger partial charge in [-0.05, 0) is 67.0 Å². The molecule has 8 nitrogen and oxygen atoms in total. The lowest BCUT2D eigenvalue weighted by Gasteiger charge is -2.62. The topological polar surface area (TPSA) is 107 Å². The number of phenols is 1. The molecule has 5 aliphatic rings. The second-order valence-electron chi connectivity index (χ2n) is 10.4. The van der Waals surface area contributed by atoms with E-state index in [1.165, 1.54) is 4.90 Å². The summed E-state index contributed by atoms with van der Waals surface area (Å²) in [6, 6.07) is 11.1. The lowest BCUT2D eigenvalue weighted by molar-refractivity contribution is -0.147. The fourth-order valence-electron chi connectivity index (χ4n) is 6.02. The highest BCUT2D eigenvalue weighted by Gasteiger charge is 2.58. The van der Waals surface area contributed by atoms with Crippen molar-refractivity contribution in [2.24, 2.45) is 5.92 Å². The Morgan fingerprint density at radius 1 is 1.00 bits per heavy atom. The molecule has 2 aromatic carbocycles. The number of aromatic hydroxyl groups is 1. The average Bonchev–Trinajstić information content (AvgIpc) is 3.04. The van der Waals surface area contributed by atoms with Crippen LogP contribution in [-0.4, -0.2) is 56.7 Å². The SMILES string of the molecule is O=C(NC12CC(C1)C2)C1Cc2cc(O)ccc2CN1C(=O)CCCN1C(=O)c2ccccc2C1=O. The molecule has 2 bridgehead atoms. The van der Waals surface area contributed by atoms with E-state index in [9.17, 15) is 24.3 Å². The molecule has 35 heavy (non-hydrogen) atoms. The standard InChI is InChI=1S/C27H27N3O5/c31-19-8-7-17-15-30(22(11-18(17)10-19)24(33)28-27-12-16(13-27)14-27)23(32)6-3-9-29-25(34)20-4-1-2-5-21(20)26(29)35/h1-2,4-5,7-8,10,16,22,31H,3,6,9,11-15H2,(H,28,33). The van der Waals surface area contributed by atoms with E-state index in [1.807, 2.05) is 0 Å². The van der Waals surface area contributed by atoms with Crippen LogP contribution in [0.5, 0.6) is 5.75 Å². The predicted octanol–water partition coefficient (Wildman–Crippen LogP) is 2.39. The molecular weight excluding hydrogens is 446 g/mol. The number of imide groups is 1. The maximum absolute atomic E-state index is 13.3. The zero-order valence-electron chi connectivity index (χ0n) is 19.3. The van der Waals surface area contributed by atoms with Crippen LogP contribution >= 0.6 is 0 Å². The largest absolute Gasteiger partial charge is 0.508 e. The number of hydrogen-bond donors (Lipinski definition) is 2. The number of benzene rings is 2. The van der Waals surface area contributed by atoms with Crippen molar-refractivity contribution in [3.05, 3.63) is 64.7 Å². The van der Waals surface area contributed by atoms with Crippen LogP contribution in [0.15, 0.2) is 42.5 Å². The first-order valence-electron chi connectivity index (χ1n) is 12.2. The van der Waals surface area contributed by atoms with Gasteiger partial charge < -0.3 is 15.3 Å². The van der Waals surface area contributed by atoms with Crippen LogP contribution in [0.4, 0.5) is 0 Å². The maximum atomic E-state index is 13.3. The van der Waals surface area contributed by atoms with Gasteiger partial charge in [0.2, 0.25) is 11.8 Å². The molecule has 7 rings (SSSR count). The summed E-state index contributed by atoms with van der Waals surface area (Å²) in [6.45, 7) is 0.437. The summed E-state index contributed by atoms with van der Waals surface area (Å²) < 4.78 is 0. The van der Waals surface area contributed by atoms with Crippen molar-refractivity contribution in [1.82, 2.24) is 15.1 Å². The number of hydrogen-bond acceptors (Lipinski definition) is 5. The van der Waals surface area contributed by atoms with Crippen molar-refractivity contribution < 1.29 is 24.3 Å². The van der Waals surface area contributed by atoms with Gasteiger partial charge in [-0.1, -0.05) is 18.2 Å². The van der Waals surface area contributed by atoms with Crippen molar-refractivity contribution in [2.75, 3.05) is 6.54 Å². The number of fused-ring (bicyclic) bond motifs is 2. The van der Waals surface area contributed by atoms with Gasteiger partial charge in [-0.25, -0.2) is 0 Å². The van der Waals surface area contributed by atoms with Crippen LogP contribution in [0.2, 0.25) is 0 Å². The molecule has 2 heterocycles. The minimum atomic E-state index is -0.648. The summed E-state index contributed by atoms with van der Waals surface area (Å²) in [5, 5.41) is 13.1. The number of amides is 4. The molecule has 2 aromatic rings. The minimum absolute atomic E-state index is 0.0962. The van der Waals surface area contributed by atoms with E-state index >= 15 is 0 Å². The lowest BCUT2D eigenvalue weighted by atomic mass is 9.50. The summed E-state index contributed by atoms with van der Waals surface area (Å²) in [6.07, 6.45) is 3.82. The van der Waals surface area contributed by atoms with E-state index in [0.29, 0.717) is 24.0 Å². The van der Waals surface area contributed by atoms with E-state index in [2.05, 4.69) is 5.32 Å². The Morgan fingerprint density at radius 3 is 2.31 bits per heavy atom. The van der Waals surface area contributed by atoms with Crippen LogP contribution < -0.4 is 5.32 Å². The van der Waals surface area contributed by atoms with E-state index in [1.54, 1.807) is 47.4 Å². The van der Waals surface area contributed by atoms with Crippen LogP contribution in [-0.2, 0) is 22.6 Å². The van der Waals surface area contributed by atoms with Crippen LogP contribution in [0, 0.1) is 5.92 Å². The zero-order valence-corrected chi connectivity index (χ0v) is 19.3. The highest BCUT2D eigenvalue weighted by molar-refractivity contribution is 6.21. The second kappa shape index (κ2) is 7.93. The molecular formula is C27H27N3O5. The quantitative estimate of drug-likeness (QED) is 0.627. The Morgan fingerprint density at radius 2 is 1.69 bits per heavy atom. The third-order valence-corrected chi connectivity index (χ3v) is 8.02. The molecule has 0 radical (unpaired) electrons. The number of nitrogens with zero attached hydrogens (tertiary/aromatic N) is 2. The molecule has 1 unspecified atom stereocenters. The number of rotatable bonds is 6. The van der Waals surface area contributed by atoms with Crippen molar-refractivity contribution in [1.29, 1.82) is 0 Å². The second-order valence-corrected chi connectivity index (χ2v) is 10.4. The van der Waals surface area contributed by atoms with Gasteiger partial charge in [0.05, 0.1) is 11.1 Å². The van der Waals surface area contributed by atoms with Gasteiger partial charge in [-0.2, -0.15) is 0 Å². The van der Waals surface area contributed by atoms with E-state index < -0.39 is 6.04 Å². The number of phenolic OH excluding ortho intramolecular Hbond substituents is 1. The molecule has 0 aromatic heterocycles. The Balaban J connectivity index is 1.14. The molecule has 3 saturated carbocycles. The molecule has 3 fully saturated rings. The van der Waals surface area contributed by atoms with Gasteiger partial charge in [0.15, 0.2) is 0 Å². The first-order chi connectivity index (χ1) is 16.8. The van der Waals surface area contributed by atoms with Gasteiger partial charge >= 0.3 is 0 Å². The van der Waals surface area contributed by atoms with Crippen LogP contribution in [0.3, 0.4) is 0 Å². The predicted molar refractivity (Wildman–Crippen MR) is 125 cm³/mol. The fraction of sp³-hybridized carbons (Fsp3) is 0.407. The smallest absolute Gasteiger partial charge is 0.261 e. The first-order valence-corrected chi connectivity index (χ1v) is 12.2. The molecule has 0 saturated heterocycles. The fourth-order valence-corrected chi connectivity index (χ4v) is 6.02. The van der Waals surface area contributed by atoms with E-state index in [0.717, 1.165) is 36.3 Å². The van der Waals surface area contributed by atoms with Gasteiger partial charge in [0.1, 0.15) is 11.8 Å². The molecule has 2 aliphatic heterocycles. The summed E-state index contributed by atoms with van der Waals surface area (Å²) in [4.78, 5) is 54.6. The number of carbonyl (C=O) groups is 4. The molecule has 2 N–H and O–H groups in total. The summed E-state index contributed by atoms with van der Waals surface area (Å²) in [5.74, 6) is -0.132. The summed E-state index contributed by atoms with van der Waals surface area (Å²) in [7, 11) is 0. The van der Waals surface area contributed by atoms with Crippen molar-refractivity contribution >= 4 is 23.6 Å². The Kier molecular flexibility index (Phi) is 4.95. The average molecular weight is 474 g/mol. The molecule has 0 spiro atoms. The minimum Gasteiger partial charge on any atom is -0.508 e. The number of nitrogens with one attached hydrogen (secondary N) is 1. The monoisotopic (exact) mass is 473 g/mol. The Labute approximate surface area is 202 Å². The summed E-state index contributed by atoms with van der Waals surface area (Å²) in [5.41, 5.74) is 2.47. The van der Waals surface area contributed by atoms with Gasteiger partial charge in [-0.15, -0.1) is 0 Å². The van der Waals surface area contributed by atoms with Crippen LogP contribution in [0.25, 0.3) is 0 Å². The lowest BCUT2D eigenvalue weighted by Crippen LogP contribution is -2.70. The maximum Gasteiger partial charge on any atom is 0.261 e. The third-order valence-electron chi connectivity index (χ3n) is 8.02. The van der Waals surface area contributed by atoms with Crippen molar-refractivity contribution in [3.63, 3.8) is 0 Å². The highest BCUT2D eigenvalue weighted by atomic mass is 16.3. The van der Waals surface area contributed by atoms with Crippen molar-refractivity contribution in [3.8, 4) is 5.75 Å². The molecule has 3 aliphatic carbocycles. The summed E-state index contributed by atoms with van der Waals surface area (Å²) >= 11 is 0. The van der Waals surface area contributed by atoms with E-state index in [-0.39, 0.29) is 54.4 Å². The molecule has 4 amide bonds. The molecule has 180 valence electrons. The normalized spacial score (nSPS) is 25.9. The van der Waals surface area contributed by atoms with Gasteiger partial charge in [-0.3, -0.25) is 24.1 Å². The molecule has 8 heteroatoms. The van der Waals surface area contributed by atoms with Gasteiger partial charge in [0, 0.05) is 31.5 Å². The van der Waals surface area contributed by atoms with Crippen molar-refractivity contribution in [2.45, 2.75) is 56.7 Å². The third kappa shape index (κ3) is 3.59. The highest BCUT2D eigenvalue weighted by Crippen LogP contribution is 2.57. The number of carbonyl (C=O) groups excluding carboxylic acids is 4.